The number of aromatic carboxylic acids is 1. The Morgan fingerprint density at radius 3 is 2.50 bits per heavy atom. The molecule has 0 saturated heterocycles. The Kier molecular flexibility index (Phi) is 4.63. The molecule has 0 heterocycles. The lowest BCUT2D eigenvalue weighted by Crippen LogP contribution is -2.58. The molecule has 1 aromatic rings. The molecule has 1 aromatic carbocycles. The molecule has 4 nitrogen and oxygen atoms in total. The van der Waals surface area contributed by atoms with Gasteiger partial charge < -0.3 is 15.3 Å². The number of phenols is 1. The van der Waals surface area contributed by atoms with E-state index in [2.05, 4.69) is 20.8 Å². The first kappa shape index (κ1) is 19.2. The Labute approximate surface area is 156 Å². The highest BCUT2D eigenvalue weighted by Crippen LogP contribution is 2.62. The van der Waals surface area contributed by atoms with Crippen LogP contribution in [0.1, 0.15) is 75.7 Å². The van der Waals surface area contributed by atoms with Crippen LogP contribution in [0.15, 0.2) is 18.2 Å². The minimum atomic E-state index is -0.996. The predicted octanol–water partition coefficient (Wildman–Crippen LogP) is 4.63. The smallest absolute Gasteiger partial charge is 0.335 e. The number of fused-ring (bicyclic) bond motifs is 1. The van der Waals surface area contributed by atoms with Crippen molar-refractivity contribution >= 4 is 5.97 Å². The van der Waals surface area contributed by atoms with E-state index >= 15 is 0 Å². The standard InChI is InChI=1S/C22H32O4/c1-20(2)9-5-10-21(3)17(20)8-11-22(4,26)18(21)13-15-12-14(19(24)25)6-7-16(15)23/h6-7,12,17-18,23,26H,5,8-11,13H2,1-4H3,(H,24,25)/t17?,18-,21+,22-/m1/s1. The van der Waals surface area contributed by atoms with Gasteiger partial charge in [-0.05, 0) is 85.5 Å². The van der Waals surface area contributed by atoms with Crippen LogP contribution in [-0.2, 0) is 6.42 Å². The Morgan fingerprint density at radius 2 is 1.85 bits per heavy atom. The summed E-state index contributed by atoms with van der Waals surface area (Å²) in [5, 5.41) is 30.9. The molecule has 2 aliphatic rings. The summed E-state index contributed by atoms with van der Waals surface area (Å²) in [6.07, 6.45) is 5.70. The lowest BCUT2D eigenvalue weighted by molar-refractivity contribution is -0.166. The molecule has 144 valence electrons. The highest BCUT2D eigenvalue weighted by atomic mass is 16.4. The lowest BCUT2D eigenvalue weighted by Gasteiger charge is -2.61. The average molecular weight is 360 g/mol. The van der Waals surface area contributed by atoms with E-state index in [-0.39, 0.29) is 28.1 Å². The molecule has 2 saturated carbocycles. The number of carboxylic acids is 1. The molecule has 0 spiro atoms. The highest BCUT2D eigenvalue weighted by Gasteiger charge is 2.57. The van der Waals surface area contributed by atoms with E-state index in [0.717, 1.165) is 25.7 Å². The topological polar surface area (TPSA) is 77.8 Å². The van der Waals surface area contributed by atoms with Crippen LogP contribution >= 0.6 is 0 Å². The monoisotopic (exact) mass is 360 g/mol. The molecule has 2 fully saturated rings. The summed E-state index contributed by atoms with van der Waals surface area (Å²) in [7, 11) is 0. The van der Waals surface area contributed by atoms with Crippen molar-refractivity contribution in [1.29, 1.82) is 0 Å². The van der Waals surface area contributed by atoms with Gasteiger partial charge in [0.15, 0.2) is 0 Å². The van der Waals surface area contributed by atoms with E-state index in [1.165, 1.54) is 18.6 Å². The van der Waals surface area contributed by atoms with Gasteiger partial charge in [0.2, 0.25) is 0 Å². The first-order valence-corrected chi connectivity index (χ1v) is 9.75. The van der Waals surface area contributed by atoms with Gasteiger partial charge in [0.1, 0.15) is 5.75 Å². The van der Waals surface area contributed by atoms with Crippen molar-refractivity contribution < 1.29 is 20.1 Å². The quantitative estimate of drug-likeness (QED) is 0.734. The molecule has 2 aliphatic carbocycles. The van der Waals surface area contributed by atoms with E-state index in [4.69, 9.17) is 0 Å². The zero-order valence-corrected chi connectivity index (χ0v) is 16.4. The Morgan fingerprint density at radius 1 is 1.15 bits per heavy atom. The maximum atomic E-state index is 11.3. The van der Waals surface area contributed by atoms with Crippen LogP contribution in [0, 0.1) is 22.7 Å². The molecule has 0 aromatic heterocycles. The second-order valence-corrected chi connectivity index (χ2v) is 9.70. The molecule has 0 aliphatic heterocycles. The van der Waals surface area contributed by atoms with Gasteiger partial charge in [0.05, 0.1) is 11.2 Å². The third-order valence-electron chi connectivity index (χ3n) is 7.51. The zero-order chi connectivity index (χ0) is 19.3. The summed E-state index contributed by atoms with van der Waals surface area (Å²) < 4.78 is 0. The van der Waals surface area contributed by atoms with Crippen LogP contribution in [0.2, 0.25) is 0 Å². The minimum absolute atomic E-state index is 0.0109. The molecule has 3 N–H and O–H groups in total. The average Bonchev–Trinajstić information content (AvgIpc) is 2.51. The summed E-state index contributed by atoms with van der Waals surface area (Å²) in [5.74, 6) is -0.363. The Hall–Kier alpha value is -1.55. The third kappa shape index (κ3) is 3.13. The van der Waals surface area contributed by atoms with Gasteiger partial charge in [0.25, 0.3) is 0 Å². The zero-order valence-electron chi connectivity index (χ0n) is 16.4. The SMILES string of the molecule is CC1(C)CCC[C@@]2(C)C1CC[C@@](C)(O)[C@@H]2Cc1cc(C(=O)O)ccc1O. The number of aromatic hydroxyl groups is 1. The number of rotatable bonds is 3. The first-order valence-electron chi connectivity index (χ1n) is 9.75. The summed E-state index contributed by atoms with van der Waals surface area (Å²) in [4.78, 5) is 11.3. The van der Waals surface area contributed by atoms with Gasteiger partial charge >= 0.3 is 5.97 Å². The maximum Gasteiger partial charge on any atom is 0.335 e. The fourth-order valence-corrected chi connectivity index (χ4v) is 6.18. The Bertz CT molecular complexity index is 706. The summed E-state index contributed by atoms with van der Waals surface area (Å²) >= 11 is 0. The number of carbonyl (C=O) groups is 1. The Balaban J connectivity index is 2.01. The van der Waals surface area contributed by atoms with Crippen molar-refractivity contribution in [2.75, 3.05) is 0 Å². The highest BCUT2D eigenvalue weighted by molar-refractivity contribution is 5.88. The number of hydrogen-bond donors (Lipinski definition) is 3. The van der Waals surface area contributed by atoms with E-state index in [9.17, 15) is 20.1 Å². The number of carboxylic acid groups (broad SMARTS) is 1. The van der Waals surface area contributed by atoms with E-state index in [1.807, 2.05) is 6.92 Å². The molecule has 0 radical (unpaired) electrons. The van der Waals surface area contributed by atoms with Crippen molar-refractivity contribution in [2.45, 2.75) is 71.8 Å². The van der Waals surface area contributed by atoms with Crippen LogP contribution in [-0.4, -0.2) is 26.9 Å². The number of hydrogen-bond acceptors (Lipinski definition) is 3. The van der Waals surface area contributed by atoms with Gasteiger partial charge in [-0.2, -0.15) is 0 Å². The molecule has 1 unspecified atom stereocenters. The number of phenolic OH excluding ortho intramolecular Hbond substituents is 1. The van der Waals surface area contributed by atoms with E-state index in [1.54, 1.807) is 6.07 Å². The first-order chi connectivity index (χ1) is 12.0. The number of aliphatic hydroxyl groups is 1. The summed E-state index contributed by atoms with van der Waals surface area (Å²) in [6.45, 7) is 8.90. The van der Waals surface area contributed by atoms with Gasteiger partial charge in [-0.25, -0.2) is 4.79 Å². The normalized spacial score (nSPS) is 36.3. The van der Waals surface area contributed by atoms with Crippen LogP contribution in [0.4, 0.5) is 0 Å². The molecule has 0 amide bonds. The molecular formula is C22H32O4. The van der Waals surface area contributed by atoms with Crippen LogP contribution in [0.25, 0.3) is 0 Å². The van der Waals surface area contributed by atoms with E-state index < -0.39 is 11.6 Å². The van der Waals surface area contributed by atoms with Gasteiger partial charge in [0, 0.05) is 0 Å². The second kappa shape index (κ2) is 6.26. The molecular weight excluding hydrogens is 328 g/mol. The van der Waals surface area contributed by atoms with Crippen molar-refractivity contribution in [2.24, 2.45) is 22.7 Å². The third-order valence-corrected chi connectivity index (χ3v) is 7.51. The van der Waals surface area contributed by atoms with Crippen LogP contribution in [0.3, 0.4) is 0 Å². The fourth-order valence-electron chi connectivity index (χ4n) is 6.18. The van der Waals surface area contributed by atoms with Crippen molar-refractivity contribution in [3.8, 4) is 5.75 Å². The molecule has 0 bridgehead atoms. The predicted molar refractivity (Wildman–Crippen MR) is 101 cm³/mol. The lowest BCUT2D eigenvalue weighted by atomic mass is 9.45. The molecule has 3 rings (SSSR count). The minimum Gasteiger partial charge on any atom is -0.508 e. The summed E-state index contributed by atoms with van der Waals surface area (Å²) in [6, 6.07) is 4.45. The van der Waals surface area contributed by atoms with Crippen LogP contribution < -0.4 is 0 Å². The molecule has 4 atom stereocenters. The van der Waals surface area contributed by atoms with Gasteiger partial charge in [-0.3, -0.25) is 0 Å². The van der Waals surface area contributed by atoms with Gasteiger partial charge in [-0.1, -0.05) is 27.2 Å². The van der Waals surface area contributed by atoms with Crippen LogP contribution in [0.5, 0.6) is 5.75 Å². The largest absolute Gasteiger partial charge is 0.508 e. The number of benzene rings is 1. The van der Waals surface area contributed by atoms with Crippen molar-refractivity contribution in [1.82, 2.24) is 0 Å². The summed E-state index contributed by atoms with van der Waals surface area (Å²) in [5.41, 5.74) is 0.214. The van der Waals surface area contributed by atoms with E-state index in [0.29, 0.717) is 17.9 Å². The van der Waals surface area contributed by atoms with Crippen molar-refractivity contribution in [3.05, 3.63) is 29.3 Å². The molecule has 26 heavy (non-hydrogen) atoms. The van der Waals surface area contributed by atoms with Gasteiger partial charge in [-0.15, -0.1) is 0 Å². The molecule has 4 heteroatoms. The fraction of sp³-hybridized carbons (Fsp3) is 0.682. The second-order valence-electron chi connectivity index (χ2n) is 9.70. The maximum absolute atomic E-state index is 11.3. The van der Waals surface area contributed by atoms with Crippen molar-refractivity contribution in [3.63, 3.8) is 0 Å².